The highest BCUT2D eigenvalue weighted by Gasteiger charge is 2.05. The van der Waals surface area contributed by atoms with Crippen LogP contribution < -0.4 is 0 Å². The summed E-state index contributed by atoms with van der Waals surface area (Å²) in [6.45, 7) is 10.1. The van der Waals surface area contributed by atoms with Crippen molar-refractivity contribution in [1.29, 1.82) is 0 Å². The van der Waals surface area contributed by atoms with E-state index in [1.807, 2.05) is 0 Å². The number of hydrogen-bond acceptors (Lipinski definition) is 1. The van der Waals surface area contributed by atoms with E-state index in [1.54, 1.807) is 13.8 Å². The van der Waals surface area contributed by atoms with Gasteiger partial charge in [0, 0.05) is 6.10 Å². The van der Waals surface area contributed by atoms with Gasteiger partial charge in [-0.2, -0.15) is 0 Å². The summed E-state index contributed by atoms with van der Waals surface area (Å²) < 4.78 is 0. The Bertz CT molecular complexity index is 80.5. The molecule has 1 aliphatic rings. The van der Waals surface area contributed by atoms with Crippen LogP contribution in [0.4, 0.5) is 0 Å². The van der Waals surface area contributed by atoms with Crippen molar-refractivity contribution in [3.05, 3.63) is 0 Å². The highest BCUT2D eigenvalue weighted by Crippen LogP contribution is 2.21. The molecule has 1 nitrogen and oxygen atoms in total. The zero-order chi connectivity index (χ0) is 11.4. The van der Waals surface area contributed by atoms with Gasteiger partial charge in [-0.05, 0) is 19.8 Å². The first-order chi connectivity index (χ1) is 6.54. The van der Waals surface area contributed by atoms with Gasteiger partial charge in [0.05, 0.1) is 0 Å². The van der Waals surface area contributed by atoms with Crippen LogP contribution >= 0.6 is 0 Å². The van der Waals surface area contributed by atoms with Crippen molar-refractivity contribution in [2.24, 2.45) is 5.92 Å². The van der Waals surface area contributed by atoms with Gasteiger partial charge in [-0.1, -0.05) is 59.3 Å². The molecule has 1 aliphatic carbocycles. The fourth-order valence-electron chi connectivity index (χ4n) is 1.31. The van der Waals surface area contributed by atoms with Crippen molar-refractivity contribution in [2.75, 3.05) is 0 Å². The van der Waals surface area contributed by atoms with Gasteiger partial charge in [0.25, 0.3) is 0 Å². The van der Waals surface area contributed by atoms with Crippen LogP contribution in [0.25, 0.3) is 0 Å². The molecule has 14 heavy (non-hydrogen) atoms. The van der Waals surface area contributed by atoms with Gasteiger partial charge in [0.1, 0.15) is 0 Å². The molecule has 0 amide bonds. The Hall–Kier alpha value is -0.0400. The van der Waals surface area contributed by atoms with Crippen LogP contribution in [-0.4, -0.2) is 11.2 Å². The Kier molecular flexibility index (Phi) is 15.2. The number of hydrogen-bond donors (Lipinski definition) is 1. The van der Waals surface area contributed by atoms with Crippen LogP contribution in [0.2, 0.25) is 0 Å². The Balaban J connectivity index is 0. The molecule has 1 saturated carbocycles. The maximum atomic E-state index is 8.06. The Morgan fingerprint density at radius 3 is 1.50 bits per heavy atom. The molecule has 0 aromatic heterocycles. The fraction of sp³-hybridized carbons (Fsp3) is 1.00. The second-order valence-electron chi connectivity index (χ2n) is 4.54. The lowest BCUT2D eigenvalue weighted by molar-refractivity contribution is 0.216. The smallest absolute Gasteiger partial charge is 0.0483 e. The summed E-state index contributed by atoms with van der Waals surface area (Å²) in [6, 6.07) is 0. The van der Waals surface area contributed by atoms with Crippen molar-refractivity contribution >= 4 is 0 Å². The molecule has 0 radical (unpaired) electrons. The molecular weight excluding hydrogens is 172 g/mol. The normalized spacial score (nSPS) is 16.5. The molecule has 0 unspecified atom stereocenters. The predicted octanol–water partition coefficient (Wildman–Crippen LogP) is 4.39. The summed E-state index contributed by atoms with van der Waals surface area (Å²) in [7, 11) is 0. The average Bonchev–Trinajstić information content (AvgIpc) is 2.05. The summed E-state index contributed by atoms with van der Waals surface area (Å²) in [6.07, 6.45) is 8.52. The Morgan fingerprint density at radius 1 is 1.07 bits per heavy atom. The molecule has 0 atom stereocenters. The van der Waals surface area contributed by atoms with Gasteiger partial charge < -0.3 is 5.11 Å². The number of aliphatic hydroxyl groups excluding tert-OH is 1. The van der Waals surface area contributed by atoms with Gasteiger partial charge in [-0.25, -0.2) is 0 Å². The van der Waals surface area contributed by atoms with Crippen LogP contribution in [0.5, 0.6) is 0 Å². The van der Waals surface area contributed by atoms with Crippen molar-refractivity contribution < 1.29 is 5.11 Å². The summed E-state index contributed by atoms with van der Waals surface area (Å²) in [4.78, 5) is 0. The van der Waals surface area contributed by atoms with Crippen LogP contribution in [-0.2, 0) is 0 Å². The predicted molar refractivity (Wildman–Crippen MR) is 65.6 cm³/mol. The second-order valence-corrected chi connectivity index (χ2v) is 4.54. The Labute approximate surface area is 90.9 Å². The summed E-state index contributed by atoms with van der Waals surface area (Å²) in [5.41, 5.74) is 0. The molecule has 88 valence electrons. The van der Waals surface area contributed by atoms with Crippen LogP contribution in [0.1, 0.15) is 73.1 Å². The van der Waals surface area contributed by atoms with Gasteiger partial charge in [0.15, 0.2) is 0 Å². The van der Waals surface area contributed by atoms with Crippen LogP contribution in [0, 0.1) is 5.92 Å². The minimum Gasteiger partial charge on any atom is -0.394 e. The summed E-state index contributed by atoms with van der Waals surface area (Å²) in [5.74, 6) is 1.04. The molecule has 0 aliphatic heterocycles. The van der Waals surface area contributed by atoms with E-state index in [4.69, 9.17) is 5.11 Å². The lowest BCUT2D eigenvalue weighted by Gasteiger charge is -2.15. The van der Waals surface area contributed by atoms with Crippen molar-refractivity contribution in [1.82, 2.24) is 0 Å². The molecule has 0 spiro atoms. The van der Waals surface area contributed by atoms with Crippen molar-refractivity contribution in [3.63, 3.8) is 0 Å². The summed E-state index contributed by atoms with van der Waals surface area (Å²) in [5, 5.41) is 8.06. The highest BCUT2D eigenvalue weighted by molar-refractivity contribution is 4.59. The fourth-order valence-corrected chi connectivity index (χ4v) is 1.31. The molecule has 1 heteroatoms. The summed E-state index contributed by atoms with van der Waals surface area (Å²) >= 11 is 0. The first-order valence-corrected chi connectivity index (χ1v) is 6.22. The zero-order valence-corrected chi connectivity index (χ0v) is 10.8. The average molecular weight is 202 g/mol. The number of rotatable bonds is 0. The zero-order valence-electron chi connectivity index (χ0n) is 10.8. The lowest BCUT2D eigenvalue weighted by atomic mass is 9.91. The molecule has 0 saturated heterocycles. The van der Waals surface area contributed by atoms with E-state index < -0.39 is 0 Å². The maximum Gasteiger partial charge on any atom is 0.0483 e. The lowest BCUT2D eigenvalue weighted by Crippen LogP contribution is -1.99. The van der Waals surface area contributed by atoms with E-state index in [9.17, 15) is 0 Å². The van der Waals surface area contributed by atoms with Gasteiger partial charge in [-0.15, -0.1) is 0 Å². The largest absolute Gasteiger partial charge is 0.394 e. The monoisotopic (exact) mass is 202 g/mol. The SMILES string of the molecule is CC(C)O.CC1CCCCC1.CCC. The minimum atomic E-state index is -0.167. The quantitative estimate of drug-likeness (QED) is 0.617. The second kappa shape index (κ2) is 13.0. The van der Waals surface area contributed by atoms with Gasteiger partial charge in [-0.3, -0.25) is 0 Å². The topological polar surface area (TPSA) is 20.2 Å². The third-order valence-electron chi connectivity index (χ3n) is 1.89. The van der Waals surface area contributed by atoms with Gasteiger partial charge in [0.2, 0.25) is 0 Å². The first kappa shape index (κ1) is 16.4. The van der Waals surface area contributed by atoms with Gasteiger partial charge >= 0.3 is 0 Å². The molecule has 0 bridgehead atoms. The van der Waals surface area contributed by atoms with E-state index in [-0.39, 0.29) is 6.10 Å². The molecule has 0 heterocycles. The maximum absolute atomic E-state index is 8.06. The molecule has 1 N–H and O–H groups in total. The van der Waals surface area contributed by atoms with E-state index in [0.29, 0.717) is 0 Å². The van der Waals surface area contributed by atoms with Crippen LogP contribution in [0.15, 0.2) is 0 Å². The molecular formula is C13H30O. The third kappa shape index (κ3) is 22.7. The standard InChI is InChI=1S/C7H14.C3H8O.C3H8/c1-7-5-3-2-4-6-7;1-3(2)4;1-3-2/h7H,2-6H2,1H3;3-4H,1-2H3;3H2,1-2H3. The first-order valence-electron chi connectivity index (χ1n) is 6.22. The molecule has 1 fully saturated rings. The van der Waals surface area contributed by atoms with E-state index in [0.717, 1.165) is 5.92 Å². The molecule has 1 rings (SSSR count). The number of aliphatic hydroxyl groups is 1. The van der Waals surface area contributed by atoms with E-state index in [2.05, 4.69) is 20.8 Å². The van der Waals surface area contributed by atoms with Crippen LogP contribution in [0.3, 0.4) is 0 Å². The minimum absolute atomic E-state index is 0.167. The third-order valence-corrected chi connectivity index (χ3v) is 1.89. The van der Waals surface area contributed by atoms with E-state index in [1.165, 1.54) is 38.5 Å². The molecule has 0 aromatic rings. The van der Waals surface area contributed by atoms with Crippen molar-refractivity contribution in [3.8, 4) is 0 Å². The van der Waals surface area contributed by atoms with Crippen molar-refractivity contribution in [2.45, 2.75) is 79.2 Å². The highest BCUT2D eigenvalue weighted by atomic mass is 16.3. The Morgan fingerprint density at radius 2 is 1.36 bits per heavy atom. The van der Waals surface area contributed by atoms with E-state index >= 15 is 0 Å². The molecule has 0 aromatic carbocycles.